The molecule has 2 nitrogen and oxygen atoms in total. The van der Waals surface area contributed by atoms with Gasteiger partial charge in [-0.2, -0.15) is 0 Å². The van der Waals surface area contributed by atoms with Crippen molar-refractivity contribution in [3.63, 3.8) is 0 Å². The number of nitrogens with zero attached hydrogens (tertiary/aromatic N) is 1. The molecule has 0 aromatic heterocycles. The van der Waals surface area contributed by atoms with Crippen molar-refractivity contribution in [2.24, 2.45) is 0 Å². The highest BCUT2D eigenvalue weighted by Gasteiger charge is 2.59. The number of carbonyl (C=O) groups excluding carboxylic acids is 1. The summed E-state index contributed by atoms with van der Waals surface area (Å²) in [4.78, 5) is 15.0. The van der Waals surface area contributed by atoms with E-state index in [1.54, 1.807) is 0 Å². The summed E-state index contributed by atoms with van der Waals surface area (Å²) in [5.41, 5.74) is 2.90. The molecule has 2 aromatic rings. The zero-order chi connectivity index (χ0) is 14.4. The summed E-state index contributed by atoms with van der Waals surface area (Å²) >= 11 is 6.05. The number of rotatable bonds is 3. The molecule has 2 aliphatic rings. The van der Waals surface area contributed by atoms with Gasteiger partial charge < -0.3 is 4.90 Å². The standard InChI is InChI=1S/C18H16ClNO/c19-14-6-7-16-15(12-14)17(21)18(9-10-18)20(16)11-8-13-4-2-1-3-5-13/h1-7,12H,8-11H2. The molecule has 3 heteroatoms. The van der Waals surface area contributed by atoms with Crippen LogP contribution in [0.4, 0.5) is 5.69 Å². The van der Waals surface area contributed by atoms with Crippen molar-refractivity contribution in [1.29, 1.82) is 0 Å². The summed E-state index contributed by atoms with van der Waals surface area (Å²) < 4.78 is 0. The van der Waals surface area contributed by atoms with E-state index in [0.717, 1.165) is 37.1 Å². The second-order valence-corrected chi connectivity index (χ2v) is 6.35. The van der Waals surface area contributed by atoms with Crippen LogP contribution < -0.4 is 4.90 Å². The van der Waals surface area contributed by atoms with Crippen LogP contribution in [0.5, 0.6) is 0 Å². The third-order valence-corrected chi connectivity index (χ3v) is 4.86. The van der Waals surface area contributed by atoms with Gasteiger partial charge in [0, 0.05) is 22.8 Å². The maximum Gasteiger partial charge on any atom is 0.190 e. The number of hydrogen-bond donors (Lipinski definition) is 0. The monoisotopic (exact) mass is 297 g/mol. The highest BCUT2D eigenvalue weighted by Crippen LogP contribution is 2.53. The molecule has 0 saturated heterocycles. The Hall–Kier alpha value is -1.80. The van der Waals surface area contributed by atoms with Gasteiger partial charge >= 0.3 is 0 Å². The van der Waals surface area contributed by atoms with Crippen molar-refractivity contribution in [3.8, 4) is 0 Å². The number of Topliss-reactive ketones (excluding diaryl/α,β-unsaturated/α-hetero) is 1. The van der Waals surface area contributed by atoms with Crippen molar-refractivity contribution >= 4 is 23.1 Å². The lowest BCUT2D eigenvalue weighted by Gasteiger charge is -2.26. The molecule has 1 heterocycles. The second kappa shape index (κ2) is 4.60. The summed E-state index contributed by atoms with van der Waals surface area (Å²) in [6.07, 6.45) is 2.89. The van der Waals surface area contributed by atoms with E-state index in [4.69, 9.17) is 11.6 Å². The lowest BCUT2D eigenvalue weighted by Crippen LogP contribution is -2.39. The summed E-state index contributed by atoms with van der Waals surface area (Å²) in [6.45, 7) is 0.879. The molecule has 1 saturated carbocycles. The third kappa shape index (κ3) is 1.97. The Morgan fingerprint density at radius 1 is 1.10 bits per heavy atom. The van der Waals surface area contributed by atoms with E-state index in [0.29, 0.717) is 5.02 Å². The maximum absolute atomic E-state index is 12.7. The fourth-order valence-corrected chi connectivity index (χ4v) is 3.54. The maximum atomic E-state index is 12.7. The predicted octanol–water partition coefficient (Wildman–Crippen LogP) is 4.12. The van der Waals surface area contributed by atoms with Gasteiger partial charge in [0.1, 0.15) is 5.54 Å². The summed E-state index contributed by atoms with van der Waals surface area (Å²) in [5, 5.41) is 0.641. The zero-order valence-corrected chi connectivity index (χ0v) is 12.4. The smallest absolute Gasteiger partial charge is 0.190 e. The minimum Gasteiger partial charge on any atom is -0.357 e. The quantitative estimate of drug-likeness (QED) is 0.849. The number of benzene rings is 2. The minimum atomic E-state index is -0.262. The predicted molar refractivity (Wildman–Crippen MR) is 85.2 cm³/mol. The van der Waals surface area contributed by atoms with E-state index in [1.807, 2.05) is 24.3 Å². The van der Waals surface area contributed by atoms with Gasteiger partial charge in [-0.1, -0.05) is 41.9 Å². The van der Waals surface area contributed by atoms with E-state index < -0.39 is 0 Å². The number of carbonyl (C=O) groups is 1. The van der Waals surface area contributed by atoms with Crippen LogP contribution in [0.15, 0.2) is 48.5 Å². The SMILES string of the molecule is O=C1c2cc(Cl)ccc2N(CCc2ccccc2)C12CC2. The molecule has 0 bridgehead atoms. The Morgan fingerprint density at radius 3 is 2.57 bits per heavy atom. The van der Waals surface area contributed by atoms with Gasteiger partial charge in [-0.05, 0) is 43.0 Å². The summed E-state index contributed by atoms with van der Waals surface area (Å²) in [6, 6.07) is 16.1. The van der Waals surface area contributed by atoms with Gasteiger partial charge in [0.15, 0.2) is 5.78 Å². The number of halogens is 1. The van der Waals surface area contributed by atoms with Crippen molar-refractivity contribution in [3.05, 3.63) is 64.7 Å². The van der Waals surface area contributed by atoms with Gasteiger partial charge in [-0.25, -0.2) is 0 Å². The van der Waals surface area contributed by atoms with Crippen molar-refractivity contribution < 1.29 is 4.79 Å². The molecular weight excluding hydrogens is 282 g/mol. The average molecular weight is 298 g/mol. The molecule has 106 valence electrons. The lowest BCUT2D eigenvalue weighted by atomic mass is 10.1. The van der Waals surface area contributed by atoms with Crippen LogP contribution in [0.1, 0.15) is 28.8 Å². The lowest BCUT2D eigenvalue weighted by molar-refractivity contribution is 0.0959. The first-order valence-corrected chi connectivity index (χ1v) is 7.74. The Balaban J connectivity index is 1.64. The molecule has 0 unspecified atom stereocenters. The first kappa shape index (κ1) is 12.9. The molecule has 21 heavy (non-hydrogen) atoms. The molecule has 1 aliphatic heterocycles. The van der Waals surface area contributed by atoms with Crippen LogP contribution in [-0.4, -0.2) is 17.9 Å². The average Bonchev–Trinajstić information content (AvgIpc) is 3.26. The largest absolute Gasteiger partial charge is 0.357 e. The molecule has 0 N–H and O–H groups in total. The molecule has 4 rings (SSSR count). The van der Waals surface area contributed by atoms with Crippen molar-refractivity contribution in [1.82, 2.24) is 0 Å². The van der Waals surface area contributed by atoms with Crippen LogP contribution in [-0.2, 0) is 6.42 Å². The normalized spacial score (nSPS) is 18.1. The molecule has 0 amide bonds. The topological polar surface area (TPSA) is 20.3 Å². The minimum absolute atomic E-state index is 0.257. The molecule has 1 aliphatic carbocycles. The first-order valence-electron chi connectivity index (χ1n) is 7.37. The fourth-order valence-electron chi connectivity index (χ4n) is 3.36. The van der Waals surface area contributed by atoms with Gasteiger partial charge in [-0.3, -0.25) is 4.79 Å². The molecule has 0 radical (unpaired) electrons. The van der Waals surface area contributed by atoms with Gasteiger partial charge in [0.2, 0.25) is 0 Å². The molecular formula is C18H16ClNO. The number of fused-ring (bicyclic) bond motifs is 1. The first-order chi connectivity index (χ1) is 10.2. The Bertz CT molecular complexity index is 706. The number of hydrogen-bond acceptors (Lipinski definition) is 2. The van der Waals surface area contributed by atoms with Crippen molar-refractivity contribution in [2.75, 3.05) is 11.4 Å². The van der Waals surface area contributed by atoms with E-state index >= 15 is 0 Å². The van der Waals surface area contributed by atoms with Gasteiger partial charge in [0.25, 0.3) is 0 Å². The number of anilines is 1. The summed E-state index contributed by atoms with van der Waals surface area (Å²) in [5.74, 6) is 0.257. The highest BCUT2D eigenvalue weighted by molar-refractivity contribution is 6.31. The van der Waals surface area contributed by atoms with Crippen LogP contribution in [0, 0.1) is 0 Å². The van der Waals surface area contributed by atoms with Crippen LogP contribution in [0.3, 0.4) is 0 Å². The highest BCUT2D eigenvalue weighted by atomic mass is 35.5. The van der Waals surface area contributed by atoms with E-state index in [-0.39, 0.29) is 11.3 Å². The van der Waals surface area contributed by atoms with Crippen molar-refractivity contribution in [2.45, 2.75) is 24.8 Å². The van der Waals surface area contributed by atoms with Crippen LogP contribution in [0.25, 0.3) is 0 Å². The Labute approximate surface area is 129 Å². The second-order valence-electron chi connectivity index (χ2n) is 5.91. The molecule has 1 fully saturated rings. The number of ketones is 1. The molecule has 2 aromatic carbocycles. The van der Waals surface area contributed by atoms with E-state index in [1.165, 1.54) is 5.56 Å². The van der Waals surface area contributed by atoms with E-state index in [2.05, 4.69) is 29.2 Å². The van der Waals surface area contributed by atoms with Gasteiger partial charge in [0.05, 0.1) is 0 Å². The molecule has 0 atom stereocenters. The van der Waals surface area contributed by atoms with Crippen LogP contribution >= 0.6 is 11.6 Å². The van der Waals surface area contributed by atoms with Crippen LogP contribution in [0.2, 0.25) is 5.02 Å². The molecule has 1 spiro atoms. The van der Waals surface area contributed by atoms with Gasteiger partial charge in [-0.15, -0.1) is 0 Å². The summed E-state index contributed by atoms with van der Waals surface area (Å²) in [7, 11) is 0. The Morgan fingerprint density at radius 2 is 1.86 bits per heavy atom. The Kier molecular flexibility index (Phi) is 2.83. The van der Waals surface area contributed by atoms with E-state index in [9.17, 15) is 4.79 Å². The zero-order valence-electron chi connectivity index (χ0n) is 11.7. The fraction of sp³-hybridized carbons (Fsp3) is 0.278. The third-order valence-electron chi connectivity index (χ3n) is 4.62.